The number of amides is 3. The number of carbonyl (C=O) groups is 3. The molecule has 3 amide bonds. The summed E-state index contributed by atoms with van der Waals surface area (Å²) in [6.07, 6.45) is 10.3. The third-order valence-electron chi connectivity index (χ3n) is 8.93. The number of aliphatic hydroxyl groups excluding tert-OH is 1. The van der Waals surface area contributed by atoms with E-state index in [1.54, 1.807) is 33.7 Å². The Morgan fingerprint density at radius 3 is 2.42 bits per heavy atom. The number of nitrogens with zero attached hydrogens (tertiary/aromatic N) is 3. The summed E-state index contributed by atoms with van der Waals surface area (Å²) in [6.45, 7) is 8.44. The first-order valence-electron chi connectivity index (χ1n) is 14.0. The highest BCUT2D eigenvalue weighted by Crippen LogP contribution is 2.66. The minimum absolute atomic E-state index is 0.0124. The number of anilines is 1. The highest BCUT2D eigenvalue weighted by atomic mass is 32.2. The first kappa shape index (κ1) is 27.0. The number of β-amino-alcohol motifs (C(OH)–C–C–N with tert-alkyl or cyclic N) is 1. The van der Waals surface area contributed by atoms with Crippen molar-refractivity contribution in [1.82, 2.24) is 9.80 Å². The summed E-state index contributed by atoms with van der Waals surface area (Å²) in [6, 6.07) is 8.96. The van der Waals surface area contributed by atoms with E-state index in [-0.39, 0.29) is 42.2 Å². The van der Waals surface area contributed by atoms with Crippen molar-refractivity contribution in [2.24, 2.45) is 11.8 Å². The second-order valence-corrected chi connectivity index (χ2v) is 12.6. The van der Waals surface area contributed by atoms with Crippen LogP contribution in [0.3, 0.4) is 0 Å². The lowest BCUT2D eigenvalue weighted by atomic mass is 9.70. The van der Waals surface area contributed by atoms with Gasteiger partial charge in [-0.25, -0.2) is 0 Å². The van der Waals surface area contributed by atoms with Crippen LogP contribution in [-0.2, 0) is 14.4 Å². The molecule has 3 aliphatic heterocycles. The van der Waals surface area contributed by atoms with Crippen LogP contribution in [0.1, 0.15) is 44.9 Å². The maximum Gasteiger partial charge on any atom is 0.247 e. The van der Waals surface area contributed by atoms with E-state index < -0.39 is 22.6 Å². The van der Waals surface area contributed by atoms with E-state index in [4.69, 9.17) is 0 Å². The molecule has 3 heterocycles. The molecule has 5 rings (SSSR count). The molecule has 1 saturated carbocycles. The Bertz CT molecular complexity index is 1070. The predicted octanol–water partition coefficient (Wildman–Crippen LogP) is 3.64. The molecular formula is C30H39N3O4S. The zero-order valence-electron chi connectivity index (χ0n) is 22.0. The molecule has 0 radical (unpaired) electrons. The Kier molecular flexibility index (Phi) is 8.00. The van der Waals surface area contributed by atoms with Crippen LogP contribution in [0.25, 0.3) is 0 Å². The van der Waals surface area contributed by atoms with Gasteiger partial charge in [-0.2, -0.15) is 0 Å². The first-order chi connectivity index (χ1) is 18.5. The number of hydrogen-bond donors (Lipinski definition) is 1. The van der Waals surface area contributed by atoms with Crippen molar-refractivity contribution < 1.29 is 19.5 Å². The highest BCUT2D eigenvalue weighted by Gasteiger charge is 2.74. The molecule has 1 aliphatic carbocycles. The average Bonchev–Trinajstić information content (AvgIpc) is 3.58. The molecule has 4 aliphatic rings. The maximum atomic E-state index is 14.4. The zero-order chi connectivity index (χ0) is 26.9. The van der Waals surface area contributed by atoms with Crippen molar-refractivity contribution in [3.05, 3.63) is 55.6 Å². The van der Waals surface area contributed by atoms with Gasteiger partial charge in [0.15, 0.2) is 0 Å². The Balaban J connectivity index is 1.51. The Morgan fingerprint density at radius 2 is 1.76 bits per heavy atom. The summed E-state index contributed by atoms with van der Waals surface area (Å²) < 4.78 is -0.654. The van der Waals surface area contributed by atoms with Gasteiger partial charge in [-0.1, -0.05) is 49.6 Å². The molecule has 3 saturated heterocycles. The van der Waals surface area contributed by atoms with Crippen molar-refractivity contribution in [1.29, 1.82) is 0 Å². The monoisotopic (exact) mass is 537 g/mol. The van der Waals surface area contributed by atoms with Gasteiger partial charge in [-0.3, -0.25) is 14.4 Å². The summed E-state index contributed by atoms with van der Waals surface area (Å²) in [4.78, 5) is 47.9. The van der Waals surface area contributed by atoms with E-state index in [0.29, 0.717) is 13.1 Å². The standard InChI is InChI=1S/C30H39N3O4S/c1-3-17-31(21-11-7-5-8-12-21)27(35)24-23-15-16-30(38-23)25(24)28(36)33(19-20-34)26(30)29(37)32(18-4-2)22-13-9-6-10-14-22/h3-5,7-8,11-12,22-26,34H,1-2,6,9-10,13-20H2/t23-,24+,25+,26?,30?/m1/s1. The number of para-hydroxylation sites is 1. The quantitative estimate of drug-likeness (QED) is 0.461. The third kappa shape index (κ3) is 4.39. The van der Waals surface area contributed by atoms with Crippen LogP contribution in [-0.4, -0.2) is 80.9 Å². The van der Waals surface area contributed by atoms with Crippen LogP contribution in [0, 0.1) is 11.8 Å². The molecule has 1 aromatic carbocycles. The highest BCUT2D eigenvalue weighted by molar-refractivity contribution is 8.02. The van der Waals surface area contributed by atoms with Crippen LogP contribution in [0.5, 0.6) is 0 Å². The van der Waals surface area contributed by atoms with Crippen LogP contribution in [0.15, 0.2) is 55.6 Å². The molecular weight excluding hydrogens is 498 g/mol. The topological polar surface area (TPSA) is 81.2 Å². The lowest BCUT2D eigenvalue weighted by Crippen LogP contribution is -2.57. The fourth-order valence-corrected chi connectivity index (χ4v) is 9.62. The SMILES string of the molecule is C=CCN(C(=O)[C@@H]1[C@H]2C(=O)N(CCO)C(C(=O)N(CC=C)C3CCCCC3)C23CC[C@H]1S3)c1ccccc1. The van der Waals surface area contributed by atoms with E-state index in [1.165, 1.54) is 6.42 Å². The van der Waals surface area contributed by atoms with Crippen molar-refractivity contribution in [3.8, 4) is 0 Å². The van der Waals surface area contributed by atoms with E-state index >= 15 is 0 Å². The number of aliphatic hydroxyl groups is 1. The van der Waals surface area contributed by atoms with E-state index in [0.717, 1.165) is 44.2 Å². The number of thioether (sulfide) groups is 1. The largest absolute Gasteiger partial charge is 0.395 e. The Labute approximate surface area is 229 Å². The molecule has 1 spiro atoms. The molecule has 2 unspecified atom stereocenters. The maximum absolute atomic E-state index is 14.4. The molecule has 1 aromatic rings. The second kappa shape index (κ2) is 11.3. The van der Waals surface area contributed by atoms with Crippen molar-refractivity contribution in [2.45, 2.75) is 67.0 Å². The molecule has 1 N–H and O–H groups in total. The van der Waals surface area contributed by atoms with Crippen LogP contribution >= 0.6 is 11.8 Å². The summed E-state index contributed by atoms with van der Waals surface area (Å²) >= 11 is 1.68. The van der Waals surface area contributed by atoms with Gasteiger partial charge in [0.1, 0.15) is 6.04 Å². The van der Waals surface area contributed by atoms with Gasteiger partial charge in [0.25, 0.3) is 0 Å². The molecule has 4 fully saturated rings. The number of hydrogen-bond acceptors (Lipinski definition) is 5. The minimum atomic E-state index is -0.675. The Morgan fingerprint density at radius 1 is 1.05 bits per heavy atom. The first-order valence-corrected chi connectivity index (χ1v) is 14.8. The molecule has 38 heavy (non-hydrogen) atoms. The smallest absolute Gasteiger partial charge is 0.247 e. The number of fused-ring (bicyclic) bond motifs is 1. The number of likely N-dealkylation sites (tertiary alicyclic amines) is 1. The van der Waals surface area contributed by atoms with Crippen molar-refractivity contribution in [3.63, 3.8) is 0 Å². The van der Waals surface area contributed by atoms with Crippen molar-refractivity contribution >= 4 is 35.2 Å². The predicted molar refractivity (Wildman–Crippen MR) is 151 cm³/mol. The summed E-state index contributed by atoms with van der Waals surface area (Å²) in [5.41, 5.74) is 0.777. The van der Waals surface area contributed by atoms with Gasteiger partial charge in [0.2, 0.25) is 17.7 Å². The molecule has 8 heteroatoms. The lowest BCUT2D eigenvalue weighted by Gasteiger charge is -2.41. The molecule has 204 valence electrons. The van der Waals surface area contributed by atoms with E-state index in [2.05, 4.69) is 13.2 Å². The third-order valence-corrected chi connectivity index (χ3v) is 10.9. The summed E-state index contributed by atoms with van der Waals surface area (Å²) in [5.74, 6) is -1.39. The second-order valence-electron chi connectivity index (χ2n) is 11.0. The van der Waals surface area contributed by atoms with E-state index in [9.17, 15) is 19.5 Å². The van der Waals surface area contributed by atoms with Gasteiger partial charge in [0, 0.05) is 36.6 Å². The van der Waals surface area contributed by atoms with E-state index in [1.807, 2.05) is 35.2 Å². The van der Waals surface area contributed by atoms with Crippen LogP contribution in [0.4, 0.5) is 5.69 Å². The number of carbonyl (C=O) groups excluding carboxylic acids is 3. The average molecular weight is 538 g/mol. The molecule has 2 bridgehead atoms. The number of rotatable bonds is 10. The van der Waals surface area contributed by atoms with Gasteiger partial charge < -0.3 is 19.8 Å². The fourth-order valence-electron chi connectivity index (χ4n) is 7.41. The summed E-state index contributed by atoms with van der Waals surface area (Å²) in [5, 5.41) is 9.91. The zero-order valence-corrected chi connectivity index (χ0v) is 22.9. The lowest BCUT2D eigenvalue weighted by molar-refractivity contribution is -0.144. The van der Waals surface area contributed by atoms with Crippen molar-refractivity contribution in [2.75, 3.05) is 31.1 Å². The summed E-state index contributed by atoms with van der Waals surface area (Å²) in [7, 11) is 0. The normalized spacial score (nSPS) is 30.2. The molecule has 7 nitrogen and oxygen atoms in total. The minimum Gasteiger partial charge on any atom is -0.395 e. The van der Waals surface area contributed by atoms with Crippen LogP contribution < -0.4 is 4.90 Å². The van der Waals surface area contributed by atoms with Crippen LogP contribution in [0.2, 0.25) is 0 Å². The fraction of sp³-hybridized carbons (Fsp3) is 0.567. The Hall–Kier alpha value is -2.58. The number of benzene rings is 1. The molecule has 0 aromatic heterocycles. The van der Waals surface area contributed by atoms with Gasteiger partial charge >= 0.3 is 0 Å². The van der Waals surface area contributed by atoms with Gasteiger partial charge in [-0.15, -0.1) is 24.9 Å². The van der Waals surface area contributed by atoms with Gasteiger partial charge in [-0.05, 0) is 37.8 Å². The molecule has 5 atom stereocenters. The van der Waals surface area contributed by atoms with Gasteiger partial charge in [0.05, 0.1) is 23.2 Å².